The summed E-state index contributed by atoms with van der Waals surface area (Å²) in [6.07, 6.45) is 0.179. The van der Waals surface area contributed by atoms with E-state index >= 15 is 0 Å². The van der Waals surface area contributed by atoms with E-state index in [0.29, 0.717) is 18.6 Å². The third-order valence-corrected chi connectivity index (χ3v) is 9.55. The molecule has 0 bridgehead atoms. The van der Waals surface area contributed by atoms with Crippen molar-refractivity contribution in [3.63, 3.8) is 0 Å². The highest BCUT2D eigenvalue weighted by Crippen LogP contribution is 2.40. The summed E-state index contributed by atoms with van der Waals surface area (Å²) in [5.41, 5.74) is 5.59. The van der Waals surface area contributed by atoms with Crippen molar-refractivity contribution in [1.82, 2.24) is 14.3 Å². The molecule has 4 heterocycles. The summed E-state index contributed by atoms with van der Waals surface area (Å²) in [5.74, 6) is -0.501. The number of carbonyl (C=O) groups is 2. The largest absolute Gasteiger partial charge is 0.391 e. The highest BCUT2D eigenvalue weighted by molar-refractivity contribution is 7.13. The van der Waals surface area contributed by atoms with Crippen molar-refractivity contribution in [2.45, 2.75) is 70.9 Å². The first-order valence-corrected chi connectivity index (χ1v) is 14.3. The van der Waals surface area contributed by atoms with Crippen LogP contribution in [0.4, 0.5) is 0 Å². The number of thiazole rings is 1. The Balaban J connectivity index is 1.39. The summed E-state index contributed by atoms with van der Waals surface area (Å²) in [6.45, 7) is 10.2. The van der Waals surface area contributed by atoms with Gasteiger partial charge in [-0.3, -0.25) is 9.59 Å². The molecule has 5 rings (SSSR count). The van der Waals surface area contributed by atoms with Gasteiger partial charge < -0.3 is 10.0 Å². The van der Waals surface area contributed by atoms with Crippen LogP contribution < -0.4 is 0 Å². The number of hydrogen-bond acceptors (Lipinski definition) is 7. The van der Waals surface area contributed by atoms with Crippen LogP contribution in [0.3, 0.4) is 0 Å². The van der Waals surface area contributed by atoms with Gasteiger partial charge in [-0.1, -0.05) is 38.1 Å². The van der Waals surface area contributed by atoms with E-state index in [1.807, 2.05) is 70.5 Å². The number of benzene rings is 1. The topological polar surface area (TPSA) is 95.8 Å². The van der Waals surface area contributed by atoms with Crippen LogP contribution in [-0.4, -0.2) is 55.6 Å². The molecule has 3 aromatic rings. The summed E-state index contributed by atoms with van der Waals surface area (Å²) in [7, 11) is 0. The van der Waals surface area contributed by atoms with E-state index in [2.05, 4.69) is 14.3 Å². The molecule has 194 valence electrons. The number of nitrogens with zero attached hydrogens (tertiary/aromatic N) is 4. The van der Waals surface area contributed by atoms with E-state index in [4.69, 9.17) is 0 Å². The lowest BCUT2D eigenvalue weighted by molar-refractivity contribution is -0.134. The third-order valence-electron chi connectivity index (χ3n) is 7.61. The summed E-state index contributed by atoms with van der Waals surface area (Å²) in [6, 6.07) is 9.65. The Hall–Kier alpha value is -2.75. The van der Waals surface area contributed by atoms with E-state index in [-0.39, 0.29) is 36.2 Å². The number of aliphatic hydroxyl groups is 1. The van der Waals surface area contributed by atoms with Crippen LogP contribution in [0.2, 0.25) is 0 Å². The van der Waals surface area contributed by atoms with Gasteiger partial charge in [-0.05, 0) is 55.4 Å². The minimum atomic E-state index is -0.800. The molecule has 4 atom stereocenters. The van der Waals surface area contributed by atoms with E-state index in [1.165, 1.54) is 11.5 Å². The first-order chi connectivity index (χ1) is 17.6. The molecule has 1 N–H and O–H groups in total. The second-order valence-corrected chi connectivity index (χ2v) is 12.4. The summed E-state index contributed by atoms with van der Waals surface area (Å²) >= 11 is 2.96. The fraction of sp³-hybridized carbons (Fsp3) is 0.464. The second-order valence-electron chi connectivity index (χ2n) is 10.7. The zero-order valence-corrected chi connectivity index (χ0v) is 23.4. The van der Waals surface area contributed by atoms with Gasteiger partial charge in [0.05, 0.1) is 45.3 Å². The number of aryl methyl sites for hydroxylation is 2. The first kappa shape index (κ1) is 25.9. The second kappa shape index (κ2) is 9.85. The molecular weight excluding hydrogens is 504 g/mol. The molecule has 0 unspecified atom stereocenters. The predicted octanol–water partition coefficient (Wildman–Crippen LogP) is 4.91. The Labute approximate surface area is 225 Å². The smallest absolute Gasteiger partial charge is 0.256 e. The maximum Gasteiger partial charge on any atom is 0.256 e. The van der Waals surface area contributed by atoms with Crippen LogP contribution in [0.15, 0.2) is 40.8 Å². The quantitative estimate of drug-likeness (QED) is 0.483. The fourth-order valence-corrected chi connectivity index (χ4v) is 7.36. The van der Waals surface area contributed by atoms with Crippen molar-refractivity contribution in [3.8, 4) is 10.4 Å². The highest BCUT2D eigenvalue weighted by Gasteiger charge is 2.48. The van der Waals surface area contributed by atoms with Gasteiger partial charge >= 0.3 is 0 Å². The van der Waals surface area contributed by atoms with Gasteiger partial charge in [0.25, 0.3) is 5.91 Å². The summed E-state index contributed by atoms with van der Waals surface area (Å²) in [4.78, 5) is 39.8. The molecule has 0 radical (unpaired) electrons. The average molecular weight is 537 g/mol. The van der Waals surface area contributed by atoms with Crippen LogP contribution in [0, 0.1) is 19.8 Å². The van der Waals surface area contributed by atoms with Crippen LogP contribution in [0.5, 0.6) is 0 Å². The average Bonchev–Trinajstić information content (AvgIpc) is 3.62. The Morgan fingerprint density at radius 1 is 1.22 bits per heavy atom. The summed E-state index contributed by atoms with van der Waals surface area (Å²) < 4.78 is 4.38. The van der Waals surface area contributed by atoms with Crippen LogP contribution in [0.1, 0.15) is 61.4 Å². The number of aromatic nitrogens is 2. The molecule has 37 heavy (non-hydrogen) atoms. The molecule has 7 nitrogen and oxygen atoms in total. The van der Waals surface area contributed by atoms with E-state index < -0.39 is 11.5 Å². The van der Waals surface area contributed by atoms with Crippen LogP contribution >= 0.6 is 22.9 Å². The monoisotopic (exact) mass is 536 g/mol. The Bertz CT molecular complexity index is 1360. The number of amides is 2. The maximum absolute atomic E-state index is 13.8. The molecule has 1 fully saturated rings. The minimum absolute atomic E-state index is 0.0340. The zero-order chi connectivity index (χ0) is 26.5. The number of rotatable bonds is 6. The number of likely N-dealkylation sites (tertiary alicyclic amines) is 1. The van der Waals surface area contributed by atoms with Gasteiger partial charge in [-0.2, -0.15) is 4.37 Å². The van der Waals surface area contributed by atoms with Gasteiger partial charge in [0.1, 0.15) is 0 Å². The number of aliphatic imine (C=N–C) groups is 1. The van der Waals surface area contributed by atoms with Gasteiger partial charge in [0, 0.05) is 30.0 Å². The lowest BCUT2D eigenvalue weighted by Crippen LogP contribution is -2.44. The van der Waals surface area contributed by atoms with E-state index in [1.54, 1.807) is 16.2 Å². The molecule has 2 aromatic heterocycles. The maximum atomic E-state index is 13.8. The zero-order valence-electron chi connectivity index (χ0n) is 21.8. The fourth-order valence-electron chi connectivity index (χ4n) is 5.53. The molecule has 0 saturated carbocycles. The Kier molecular flexibility index (Phi) is 6.89. The number of carbonyl (C=O) groups excluding carboxylic acids is 2. The lowest BCUT2D eigenvalue weighted by Gasteiger charge is -2.30. The van der Waals surface area contributed by atoms with Crippen molar-refractivity contribution >= 4 is 40.4 Å². The van der Waals surface area contributed by atoms with Crippen molar-refractivity contribution in [1.29, 1.82) is 0 Å². The molecule has 2 amide bonds. The third kappa shape index (κ3) is 4.69. The molecule has 0 spiro atoms. The SMILES string of the molecule is Cc1cc([C@@H](C(=O)N2C[C@H](O)C[C@@H]2C2=NC(=O)[C@](C)(c3ccc(-c4scnc4C)cc3)C2)C(C)C)sn1. The molecule has 1 aromatic carbocycles. The predicted molar refractivity (Wildman–Crippen MR) is 147 cm³/mol. The van der Waals surface area contributed by atoms with Crippen molar-refractivity contribution in [2.24, 2.45) is 10.9 Å². The summed E-state index contributed by atoms with van der Waals surface area (Å²) in [5, 5.41) is 10.6. The molecular formula is C28H32N4O3S2. The molecule has 1 saturated heterocycles. The normalized spacial score (nSPS) is 24.7. The highest BCUT2D eigenvalue weighted by atomic mass is 32.1. The van der Waals surface area contributed by atoms with Crippen LogP contribution in [-0.2, 0) is 15.0 Å². The van der Waals surface area contributed by atoms with Crippen molar-refractivity contribution < 1.29 is 14.7 Å². The molecule has 9 heteroatoms. The molecule has 2 aliphatic heterocycles. The lowest BCUT2D eigenvalue weighted by atomic mass is 9.78. The van der Waals surface area contributed by atoms with E-state index in [0.717, 1.165) is 32.3 Å². The van der Waals surface area contributed by atoms with Gasteiger partial charge in [-0.15, -0.1) is 11.3 Å². The first-order valence-electron chi connectivity index (χ1n) is 12.6. The van der Waals surface area contributed by atoms with Gasteiger partial charge in [-0.25, -0.2) is 9.98 Å². The van der Waals surface area contributed by atoms with Crippen LogP contribution in [0.25, 0.3) is 10.4 Å². The number of hydrogen-bond donors (Lipinski definition) is 1. The van der Waals surface area contributed by atoms with Gasteiger partial charge in [0.2, 0.25) is 5.91 Å². The van der Waals surface area contributed by atoms with E-state index in [9.17, 15) is 14.7 Å². The molecule has 2 aliphatic rings. The Morgan fingerprint density at radius 3 is 2.54 bits per heavy atom. The number of β-amino-alcohol motifs (C(OH)–C–C–N with tert-alkyl or cyclic N) is 1. The minimum Gasteiger partial charge on any atom is -0.391 e. The molecule has 0 aliphatic carbocycles. The standard InChI is InChI=1S/C28H32N4O3S2/c1-15(2)24(23-10-16(3)31-37-23)26(34)32-13-20(33)11-22(32)21-12-28(5,27(35)30-21)19-8-6-18(7-9-19)25-17(4)29-14-36-25/h6-10,14-15,20,22,24,33H,11-13H2,1-5H3/t20-,22-,24+,28+/m1/s1. The Morgan fingerprint density at radius 2 is 1.95 bits per heavy atom. The number of aliphatic hydroxyl groups excluding tert-OH is 1. The van der Waals surface area contributed by atoms with Gasteiger partial charge in [0.15, 0.2) is 0 Å². The van der Waals surface area contributed by atoms with Crippen molar-refractivity contribution in [2.75, 3.05) is 6.54 Å². The van der Waals surface area contributed by atoms with Crippen molar-refractivity contribution in [3.05, 3.63) is 57.7 Å².